The van der Waals surface area contributed by atoms with Crippen LogP contribution in [0.15, 0.2) is 48.7 Å². The van der Waals surface area contributed by atoms with Crippen molar-refractivity contribution in [3.63, 3.8) is 0 Å². The summed E-state index contributed by atoms with van der Waals surface area (Å²) in [6.45, 7) is 2.61. The highest BCUT2D eigenvalue weighted by molar-refractivity contribution is 5.91. The summed E-state index contributed by atoms with van der Waals surface area (Å²) in [7, 11) is 0. The molecule has 7 nitrogen and oxygen atoms in total. The molecule has 0 radical (unpaired) electrons. The molecule has 1 amide bonds. The number of H-pyrrole nitrogens is 1. The zero-order valence-corrected chi connectivity index (χ0v) is 22.3. The number of hydrazine groups is 1. The molecule has 214 valence electrons. The maximum absolute atomic E-state index is 13.5. The molecule has 2 saturated heterocycles. The van der Waals surface area contributed by atoms with E-state index in [9.17, 15) is 28.2 Å². The summed E-state index contributed by atoms with van der Waals surface area (Å²) in [5.74, 6) is -3.99. The fourth-order valence-electron chi connectivity index (χ4n) is 5.96. The maximum Gasteiger partial charge on any atom is 0.246 e. The molecule has 2 aromatic carbocycles. The minimum atomic E-state index is -1.54. The lowest BCUT2D eigenvalue weighted by Crippen LogP contribution is -2.57. The molecule has 0 bridgehead atoms. The normalized spacial score (nSPS) is 18.8. The predicted octanol–water partition coefficient (Wildman–Crippen LogP) is 4.04. The van der Waals surface area contributed by atoms with Gasteiger partial charge in [0.1, 0.15) is 0 Å². The molecule has 3 N–H and O–H groups in total. The summed E-state index contributed by atoms with van der Waals surface area (Å²) >= 11 is 0. The molecular formula is C30H35F3N4O3. The Labute approximate surface area is 231 Å². The van der Waals surface area contributed by atoms with Crippen LogP contribution >= 0.6 is 0 Å². The van der Waals surface area contributed by atoms with E-state index in [0.717, 1.165) is 43.6 Å². The SMILES string of the molecule is O=C(C=Cc1cc(F)c(F)c(F)c1)N1CCC(N(CC(O)CO)N2CCC(c3c[nH]c4ccccc34)CC2)CC1. The summed E-state index contributed by atoms with van der Waals surface area (Å²) in [6.07, 6.45) is 7.07. The molecule has 1 aromatic heterocycles. The van der Waals surface area contributed by atoms with Crippen LogP contribution in [0.25, 0.3) is 17.0 Å². The van der Waals surface area contributed by atoms with E-state index in [1.165, 1.54) is 23.1 Å². The Bertz CT molecular complexity index is 1320. The number of hydrogen-bond donors (Lipinski definition) is 3. The van der Waals surface area contributed by atoms with Gasteiger partial charge in [0.15, 0.2) is 17.5 Å². The van der Waals surface area contributed by atoms with Crippen LogP contribution in [0.1, 0.15) is 42.7 Å². The number of nitrogens with one attached hydrogen (secondary N) is 1. The van der Waals surface area contributed by atoms with Gasteiger partial charge in [0, 0.05) is 61.9 Å². The van der Waals surface area contributed by atoms with E-state index in [1.807, 2.05) is 6.07 Å². The zero-order valence-electron chi connectivity index (χ0n) is 22.3. The largest absolute Gasteiger partial charge is 0.394 e. The highest BCUT2D eigenvalue weighted by Gasteiger charge is 2.33. The number of likely N-dealkylation sites (tertiary alicyclic amines) is 1. The van der Waals surface area contributed by atoms with Crippen molar-refractivity contribution in [2.24, 2.45) is 0 Å². The van der Waals surface area contributed by atoms with Crippen LogP contribution in [0.3, 0.4) is 0 Å². The third-order valence-electron chi connectivity index (χ3n) is 8.13. The average Bonchev–Trinajstić information content (AvgIpc) is 3.41. The Morgan fingerprint density at radius 2 is 1.73 bits per heavy atom. The summed E-state index contributed by atoms with van der Waals surface area (Å²) in [6, 6.07) is 10.1. The van der Waals surface area contributed by atoms with E-state index in [2.05, 4.69) is 39.4 Å². The predicted molar refractivity (Wildman–Crippen MR) is 147 cm³/mol. The van der Waals surface area contributed by atoms with Crippen LogP contribution < -0.4 is 0 Å². The van der Waals surface area contributed by atoms with Crippen molar-refractivity contribution in [3.8, 4) is 0 Å². The first-order chi connectivity index (χ1) is 19.3. The molecular weight excluding hydrogens is 521 g/mol. The smallest absolute Gasteiger partial charge is 0.246 e. The van der Waals surface area contributed by atoms with Gasteiger partial charge in [-0.15, -0.1) is 0 Å². The van der Waals surface area contributed by atoms with Crippen molar-refractivity contribution in [2.45, 2.75) is 43.7 Å². The minimum Gasteiger partial charge on any atom is -0.394 e. The van der Waals surface area contributed by atoms with Crippen molar-refractivity contribution in [1.29, 1.82) is 0 Å². The van der Waals surface area contributed by atoms with Gasteiger partial charge in [-0.1, -0.05) is 18.2 Å². The highest BCUT2D eigenvalue weighted by atomic mass is 19.2. The van der Waals surface area contributed by atoms with Gasteiger partial charge in [-0.2, -0.15) is 0 Å². The topological polar surface area (TPSA) is 83.0 Å². The van der Waals surface area contributed by atoms with Crippen LogP contribution in [0.2, 0.25) is 0 Å². The first kappa shape index (κ1) is 28.4. The van der Waals surface area contributed by atoms with Crippen molar-refractivity contribution in [2.75, 3.05) is 39.3 Å². The van der Waals surface area contributed by atoms with E-state index < -0.39 is 23.6 Å². The van der Waals surface area contributed by atoms with Gasteiger partial charge in [0.2, 0.25) is 5.91 Å². The highest BCUT2D eigenvalue weighted by Crippen LogP contribution is 2.34. The second-order valence-electron chi connectivity index (χ2n) is 10.7. The molecule has 0 spiro atoms. The summed E-state index contributed by atoms with van der Waals surface area (Å²) in [5.41, 5.74) is 2.55. The van der Waals surface area contributed by atoms with E-state index in [0.29, 0.717) is 38.4 Å². The number of nitrogens with zero attached hydrogens (tertiary/aromatic N) is 3. The van der Waals surface area contributed by atoms with Gasteiger partial charge < -0.3 is 20.1 Å². The molecule has 2 aliphatic rings. The lowest BCUT2D eigenvalue weighted by molar-refractivity contribution is -0.133. The van der Waals surface area contributed by atoms with Crippen LogP contribution in [-0.2, 0) is 4.79 Å². The maximum atomic E-state index is 13.5. The van der Waals surface area contributed by atoms with Crippen LogP contribution in [0.5, 0.6) is 0 Å². The third-order valence-corrected chi connectivity index (χ3v) is 8.13. The Hall–Kier alpha value is -3.18. The Morgan fingerprint density at radius 1 is 1.05 bits per heavy atom. The molecule has 1 atom stereocenters. The average molecular weight is 557 g/mol. The molecule has 5 rings (SSSR count). The number of amides is 1. The van der Waals surface area contributed by atoms with Gasteiger partial charge in [0.25, 0.3) is 0 Å². The van der Waals surface area contributed by atoms with Gasteiger partial charge in [-0.3, -0.25) is 4.79 Å². The number of fused-ring (bicyclic) bond motifs is 1. The fraction of sp³-hybridized carbons (Fsp3) is 0.433. The molecule has 40 heavy (non-hydrogen) atoms. The summed E-state index contributed by atoms with van der Waals surface area (Å²) in [5, 5.41) is 25.6. The minimum absolute atomic E-state index is 0.0693. The molecule has 3 heterocycles. The van der Waals surface area contributed by atoms with E-state index in [1.54, 1.807) is 4.90 Å². The Morgan fingerprint density at radius 3 is 2.40 bits per heavy atom. The monoisotopic (exact) mass is 556 g/mol. The van der Waals surface area contributed by atoms with E-state index in [-0.39, 0.29) is 24.1 Å². The number of aliphatic hydroxyl groups is 2. The number of halogens is 3. The number of para-hydroxylation sites is 1. The summed E-state index contributed by atoms with van der Waals surface area (Å²) < 4.78 is 40.1. The molecule has 0 saturated carbocycles. The first-order valence-corrected chi connectivity index (χ1v) is 13.8. The molecule has 2 fully saturated rings. The number of carbonyl (C=O) groups excluding carboxylic acids is 1. The molecule has 2 aliphatic heterocycles. The molecule has 3 aromatic rings. The van der Waals surface area contributed by atoms with E-state index >= 15 is 0 Å². The standard InChI is InChI=1S/C30H35F3N4O3/c31-26-15-20(16-27(32)30(26)33)5-6-29(40)35-11-9-22(10-12-35)37(18-23(39)19-38)36-13-7-21(8-14-36)25-17-34-28-4-2-1-3-24(25)28/h1-6,15-17,21-23,34,38-39H,7-14,18-19H2. The first-order valence-electron chi connectivity index (χ1n) is 13.8. The van der Waals surface area contributed by atoms with Gasteiger partial charge in [0.05, 0.1) is 12.7 Å². The van der Waals surface area contributed by atoms with E-state index in [4.69, 9.17) is 0 Å². The number of aliphatic hydroxyl groups excluding tert-OH is 2. The number of rotatable bonds is 8. The lowest BCUT2D eigenvalue weighted by atomic mass is 9.89. The van der Waals surface area contributed by atoms with Crippen LogP contribution in [0.4, 0.5) is 13.2 Å². The number of piperidine rings is 2. The van der Waals surface area contributed by atoms with Crippen molar-refractivity contribution in [1.82, 2.24) is 19.9 Å². The molecule has 1 unspecified atom stereocenters. The number of aromatic nitrogens is 1. The molecule has 10 heteroatoms. The van der Waals surface area contributed by atoms with Gasteiger partial charge in [-0.05, 0) is 67.0 Å². The molecule has 0 aliphatic carbocycles. The zero-order chi connectivity index (χ0) is 28.2. The third kappa shape index (κ3) is 6.25. The second-order valence-corrected chi connectivity index (χ2v) is 10.7. The van der Waals surface area contributed by atoms with Gasteiger partial charge in [-0.25, -0.2) is 23.2 Å². The quantitative estimate of drug-likeness (QED) is 0.288. The number of benzene rings is 2. The summed E-state index contributed by atoms with van der Waals surface area (Å²) in [4.78, 5) is 17.8. The van der Waals surface area contributed by atoms with Crippen molar-refractivity contribution < 1.29 is 28.2 Å². The van der Waals surface area contributed by atoms with Crippen molar-refractivity contribution in [3.05, 3.63) is 77.2 Å². The number of aromatic amines is 1. The Balaban J connectivity index is 1.19. The number of carbonyl (C=O) groups is 1. The van der Waals surface area contributed by atoms with Crippen LogP contribution in [0, 0.1) is 17.5 Å². The lowest BCUT2D eigenvalue weighted by Gasteiger charge is -2.46. The van der Waals surface area contributed by atoms with Crippen LogP contribution in [-0.4, -0.2) is 87.5 Å². The number of hydrogen-bond acceptors (Lipinski definition) is 5. The Kier molecular flexibility index (Phi) is 8.90. The van der Waals surface area contributed by atoms with Gasteiger partial charge >= 0.3 is 0 Å². The van der Waals surface area contributed by atoms with Crippen molar-refractivity contribution >= 4 is 22.9 Å². The second kappa shape index (κ2) is 12.6. The fourth-order valence-corrected chi connectivity index (χ4v) is 5.96.